The number of carbonyl (C=O) groups is 1. The summed E-state index contributed by atoms with van der Waals surface area (Å²) in [5.74, 6) is 2.22. The number of rotatable bonds is 4. The number of piperidine rings is 1. The Balaban J connectivity index is 1.57. The van der Waals surface area contributed by atoms with Gasteiger partial charge in [0.1, 0.15) is 18.2 Å². The molecule has 0 saturated carbocycles. The minimum absolute atomic E-state index is 0.0627. The molecule has 1 aromatic heterocycles. The molecule has 2 saturated heterocycles. The van der Waals surface area contributed by atoms with Crippen LogP contribution in [0.5, 0.6) is 11.5 Å². The minimum Gasteiger partial charge on any atom is -0.493 e. The van der Waals surface area contributed by atoms with Crippen LogP contribution in [0.2, 0.25) is 0 Å². The smallest absolute Gasteiger partial charge is 0.251 e. The van der Waals surface area contributed by atoms with Gasteiger partial charge in [-0.2, -0.15) is 0 Å². The highest BCUT2D eigenvalue weighted by Gasteiger charge is 2.38. The van der Waals surface area contributed by atoms with Crippen LogP contribution in [0.15, 0.2) is 18.5 Å². The molecular formula is C19H23N5O3S. The van der Waals surface area contributed by atoms with E-state index in [9.17, 15) is 4.79 Å². The van der Waals surface area contributed by atoms with E-state index in [0.717, 1.165) is 42.7 Å². The summed E-state index contributed by atoms with van der Waals surface area (Å²) in [6, 6.07) is 3.66. The molecule has 1 N–H and O–H groups in total. The van der Waals surface area contributed by atoms with Crippen LogP contribution in [-0.4, -0.2) is 65.3 Å². The summed E-state index contributed by atoms with van der Waals surface area (Å²) in [7, 11) is 3.22. The largest absolute Gasteiger partial charge is 0.493 e. The predicted octanol–water partition coefficient (Wildman–Crippen LogP) is 1.72. The number of hydrogen-bond donors (Lipinski definition) is 1. The van der Waals surface area contributed by atoms with Gasteiger partial charge in [-0.15, -0.1) is 0 Å². The van der Waals surface area contributed by atoms with E-state index in [-0.39, 0.29) is 18.0 Å². The molecule has 3 heterocycles. The van der Waals surface area contributed by atoms with Crippen LogP contribution in [0.1, 0.15) is 19.8 Å². The van der Waals surface area contributed by atoms with Crippen molar-refractivity contribution in [2.75, 3.05) is 32.2 Å². The predicted molar refractivity (Wildman–Crippen MR) is 110 cm³/mol. The van der Waals surface area contributed by atoms with Crippen LogP contribution >= 0.6 is 12.2 Å². The standard InChI is InChI=1S/C19H23N5O3S/c1-11-18(25)24(19(28)22-11)12-4-6-23(7-5-12)17-13-8-15(26-2)16(27-3)9-14(13)20-10-21-17/h8-12H,4-7H2,1-3H3,(H,22,28). The molecule has 148 valence electrons. The Labute approximate surface area is 168 Å². The molecule has 1 unspecified atom stereocenters. The Morgan fingerprint density at radius 2 is 1.82 bits per heavy atom. The lowest BCUT2D eigenvalue weighted by molar-refractivity contribution is -0.128. The van der Waals surface area contributed by atoms with E-state index in [1.165, 1.54) is 0 Å². The van der Waals surface area contributed by atoms with Crippen molar-refractivity contribution in [2.45, 2.75) is 31.8 Å². The molecule has 1 atom stereocenters. The van der Waals surface area contributed by atoms with Crippen LogP contribution in [0.3, 0.4) is 0 Å². The number of aromatic nitrogens is 2. The number of fused-ring (bicyclic) bond motifs is 1. The second-order valence-corrected chi connectivity index (χ2v) is 7.41. The average Bonchev–Trinajstić information content (AvgIpc) is 2.98. The van der Waals surface area contributed by atoms with Gasteiger partial charge in [0.05, 0.1) is 19.7 Å². The van der Waals surface area contributed by atoms with Gasteiger partial charge in [-0.25, -0.2) is 9.97 Å². The first-order chi connectivity index (χ1) is 13.5. The fraction of sp³-hybridized carbons (Fsp3) is 0.474. The Kier molecular flexibility index (Phi) is 4.92. The van der Waals surface area contributed by atoms with Crippen LogP contribution < -0.4 is 19.7 Å². The number of nitrogens with one attached hydrogen (secondary N) is 1. The number of nitrogens with zero attached hydrogens (tertiary/aromatic N) is 4. The van der Waals surface area contributed by atoms with Gasteiger partial charge in [-0.3, -0.25) is 9.69 Å². The van der Waals surface area contributed by atoms with Crippen LogP contribution in [0.4, 0.5) is 5.82 Å². The fourth-order valence-electron chi connectivity index (χ4n) is 3.93. The van der Waals surface area contributed by atoms with E-state index >= 15 is 0 Å². The van der Waals surface area contributed by atoms with Gasteiger partial charge in [0.2, 0.25) is 0 Å². The summed E-state index contributed by atoms with van der Waals surface area (Å²) >= 11 is 5.35. The SMILES string of the molecule is COc1cc2ncnc(N3CCC(N4C(=O)C(C)NC4=S)CC3)c2cc1OC. The fourth-order valence-corrected chi connectivity index (χ4v) is 4.34. The summed E-state index contributed by atoms with van der Waals surface area (Å²) in [5.41, 5.74) is 0.804. The molecule has 0 radical (unpaired) electrons. The summed E-state index contributed by atoms with van der Waals surface area (Å²) in [6.07, 6.45) is 3.23. The quantitative estimate of drug-likeness (QED) is 0.776. The first-order valence-corrected chi connectivity index (χ1v) is 9.69. The molecule has 28 heavy (non-hydrogen) atoms. The molecule has 2 aliphatic rings. The average molecular weight is 401 g/mol. The van der Waals surface area contributed by atoms with Crippen molar-refractivity contribution in [2.24, 2.45) is 0 Å². The van der Waals surface area contributed by atoms with E-state index in [4.69, 9.17) is 21.7 Å². The maximum Gasteiger partial charge on any atom is 0.251 e. The Bertz CT molecular complexity index is 929. The number of ether oxygens (including phenoxy) is 2. The second-order valence-electron chi connectivity index (χ2n) is 7.02. The number of benzene rings is 1. The zero-order valence-corrected chi connectivity index (χ0v) is 17.0. The van der Waals surface area contributed by atoms with E-state index in [0.29, 0.717) is 16.6 Å². The van der Waals surface area contributed by atoms with Gasteiger partial charge in [0.25, 0.3) is 5.91 Å². The number of thiocarbonyl (C=S) groups is 1. The molecule has 2 aliphatic heterocycles. The van der Waals surface area contributed by atoms with Gasteiger partial charge in [-0.05, 0) is 38.0 Å². The highest BCUT2D eigenvalue weighted by Crippen LogP contribution is 2.35. The van der Waals surface area contributed by atoms with Crippen LogP contribution in [0, 0.1) is 0 Å². The molecule has 2 fully saturated rings. The Morgan fingerprint density at radius 1 is 1.14 bits per heavy atom. The number of anilines is 1. The van der Waals surface area contributed by atoms with Crippen molar-refractivity contribution in [3.05, 3.63) is 18.5 Å². The van der Waals surface area contributed by atoms with Gasteiger partial charge < -0.3 is 19.7 Å². The van der Waals surface area contributed by atoms with Crippen molar-refractivity contribution >= 4 is 40.0 Å². The van der Waals surface area contributed by atoms with Crippen molar-refractivity contribution in [1.29, 1.82) is 0 Å². The van der Waals surface area contributed by atoms with E-state index in [2.05, 4.69) is 20.2 Å². The third-order valence-corrected chi connectivity index (χ3v) is 5.73. The summed E-state index contributed by atoms with van der Waals surface area (Å²) in [5, 5.41) is 4.51. The first kappa shape index (κ1) is 18.7. The number of methoxy groups -OCH3 is 2. The van der Waals surface area contributed by atoms with E-state index in [1.807, 2.05) is 19.1 Å². The Hall–Kier alpha value is -2.68. The van der Waals surface area contributed by atoms with E-state index in [1.54, 1.807) is 25.4 Å². The van der Waals surface area contributed by atoms with E-state index < -0.39 is 0 Å². The Morgan fingerprint density at radius 3 is 2.43 bits per heavy atom. The molecule has 1 aromatic carbocycles. The third-order valence-electron chi connectivity index (χ3n) is 5.42. The number of carbonyl (C=O) groups excluding carboxylic acids is 1. The zero-order chi connectivity index (χ0) is 19.8. The molecule has 0 spiro atoms. The zero-order valence-electron chi connectivity index (χ0n) is 16.1. The molecule has 1 amide bonds. The maximum absolute atomic E-state index is 12.4. The second kappa shape index (κ2) is 7.38. The van der Waals surface area contributed by atoms with Gasteiger partial charge in [-0.1, -0.05) is 0 Å². The number of hydrogen-bond acceptors (Lipinski definition) is 7. The highest BCUT2D eigenvalue weighted by atomic mass is 32.1. The molecule has 4 rings (SSSR count). The lowest BCUT2D eigenvalue weighted by atomic mass is 10.0. The topological polar surface area (TPSA) is 79.8 Å². The van der Waals surface area contributed by atoms with Crippen molar-refractivity contribution in [3.63, 3.8) is 0 Å². The molecule has 0 bridgehead atoms. The van der Waals surface area contributed by atoms with Crippen molar-refractivity contribution < 1.29 is 14.3 Å². The summed E-state index contributed by atoms with van der Waals surface area (Å²) in [4.78, 5) is 25.3. The van der Waals surface area contributed by atoms with Crippen LogP contribution in [0.25, 0.3) is 10.9 Å². The molecular weight excluding hydrogens is 378 g/mol. The molecule has 0 aliphatic carbocycles. The normalized spacial score (nSPS) is 20.6. The minimum atomic E-state index is -0.237. The third kappa shape index (κ3) is 3.09. The van der Waals surface area contributed by atoms with Crippen molar-refractivity contribution in [1.82, 2.24) is 20.2 Å². The monoisotopic (exact) mass is 401 g/mol. The van der Waals surface area contributed by atoms with Crippen molar-refractivity contribution in [3.8, 4) is 11.5 Å². The van der Waals surface area contributed by atoms with Gasteiger partial charge in [0, 0.05) is 30.6 Å². The molecule has 8 nitrogen and oxygen atoms in total. The summed E-state index contributed by atoms with van der Waals surface area (Å²) < 4.78 is 10.8. The van der Waals surface area contributed by atoms with Crippen LogP contribution in [-0.2, 0) is 4.79 Å². The lowest BCUT2D eigenvalue weighted by Gasteiger charge is -2.37. The van der Waals surface area contributed by atoms with Gasteiger partial charge in [0.15, 0.2) is 16.6 Å². The molecule has 9 heteroatoms. The number of amides is 1. The lowest BCUT2D eigenvalue weighted by Crippen LogP contribution is -2.48. The highest BCUT2D eigenvalue weighted by molar-refractivity contribution is 7.80. The summed E-state index contributed by atoms with van der Waals surface area (Å²) in [6.45, 7) is 3.41. The first-order valence-electron chi connectivity index (χ1n) is 9.28. The maximum atomic E-state index is 12.4. The molecule has 2 aromatic rings. The van der Waals surface area contributed by atoms with Gasteiger partial charge >= 0.3 is 0 Å².